The number of ether oxygens (including phenoxy) is 2. The first-order valence-electron chi connectivity index (χ1n) is 6.66. The van der Waals surface area contributed by atoms with E-state index in [1.807, 2.05) is 13.0 Å². The maximum absolute atomic E-state index is 9.81. The highest BCUT2D eigenvalue weighted by Gasteiger charge is 2.18. The number of rotatable bonds is 4. The van der Waals surface area contributed by atoms with Crippen molar-refractivity contribution in [3.63, 3.8) is 0 Å². The van der Waals surface area contributed by atoms with Gasteiger partial charge in [0.05, 0.1) is 12.7 Å². The van der Waals surface area contributed by atoms with Crippen LogP contribution in [0, 0.1) is 0 Å². The van der Waals surface area contributed by atoms with Crippen LogP contribution in [0.1, 0.15) is 45.4 Å². The van der Waals surface area contributed by atoms with Crippen LogP contribution in [0.2, 0.25) is 0 Å². The van der Waals surface area contributed by atoms with Crippen molar-refractivity contribution in [2.75, 3.05) is 6.61 Å². The normalized spacial score (nSPS) is 27.1. The van der Waals surface area contributed by atoms with Crippen molar-refractivity contribution in [2.24, 2.45) is 0 Å². The molecule has 1 N–H and O–H groups in total. The molecule has 3 heteroatoms. The van der Waals surface area contributed by atoms with Crippen LogP contribution in [-0.4, -0.2) is 24.1 Å². The highest BCUT2D eigenvalue weighted by molar-refractivity contribution is 5.28. The minimum absolute atomic E-state index is 0.0758. The highest BCUT2D eigenvalue weighted by atomic mass is 16.7. The molecule has 0 bridgehead atoms. The molecule has 0 amide bonds. The molecule has 1 heterocycles. The molecule has 1 saturated heterocycles. The molecule has 17 heavy (non-hydrogen) atoms. The zero-order valence-electron chi connectivity index (χ0n) is 10.5. The quantitative estimate of drug-likeness (QED) is 0.818. The molecule has 2 atom stereocenters. The van der Waals surface area contributed by atoms with Crippen LogP contribution >= 0.6 is 0 Å². The first-order chi connectivity index (χ1) is 8.29. The van der Waals surface area contributed by atoms with Crippen molar-refractivity contribution in [1.29, 1.82) is 0 Å². The maximum atomic E-state index is 9.81. The van der Waals surface area contributed by atoms with Gasteiger partial charge in [-0.05, 0) is 37.3 Å². The van der Waals surface area contributed by atoms with Crippen molar-refractivity contribution < 1.29 is 14.6 Å². The summed E-state index contributed by atoms with van der Waals surface area (Å²) in [6.45, 7) is 2.79. The highest BCUT2D eigenvalue weighted by Crippen LogP contribution is 2.25. The Morgan fingerprint density at radius 3 is 3.12 bits per heavy atom. The monoisotopic (exact) mass is 238 g/mol. The molecule has 0 aromatic rings. The van der Waals surface area contributed by atoms with Crippen molar-refractivity contribution in [3.05, 3.63) is 23.5 Å². The lowest BCUT2D eigenvalue weighted by molar-refractivity contribution is -0.140. The molecule has 1 aliphatic carbocycles. The predicted octanol–water partition coefficient (Wildman–Crippen LogP) is 2.90. The number of hydrogen-bond acceptors (Lipinski definition) is 3. The van der Waals surface area contributed by atoms with E-state index in [-0.39, 0.29) is 12.4 Å². The Morgan fingerprint density at radius 1 is 1.53 bits per heavy atom. The second-order valence-corrected chi connectivity index (χ2v) is 4.69. The van der Waals surface area contributed by atoms with Crippen LogP contribution in [0.4, 0.5) is 0 Å². The molecule has 2 unspecified atom stereocenters. The summed E-state index contributed by atoms with van der Waals surface area (Å²) in [4.78, 5) is 0. The average Bonchev–Trinajstić information content (AvgIpc) is 2.39. The number of aliphatic hydroxyl groups is 1. The van der Waals surface area contributed by atoms with E-state index in [0.717, 1.165) is 50.0 Å². The smallest absolute Gasteiger partial charge is 0.199 e. The molecular formula is C14H22O3. The Bertz CT molecular complexity index is 301. The molecule has 1 aliphatic heterocycles. The summed E-state index contributed by atoms with van der Waals surface area (Å²) in [5.74, 6) is 0.960. The Hall–Kier alpha value is -0.800. The van der Waals surface area contributed by atoms with Gasteiger partial charge in [-0.25, -0.2) is 0 Å². The van der Waals surface area contributed by atoms with Crippen LogP contribution in [0.25, 0.3) is 0 Å². The summed E-state index contributed by atoms with van der Waals surface area (Å²) < 4.78 is 11.4. The van der Waals surface area contributed by atoms with Gasteiger partial charge in [-0.3, -0.25) is 0 Å². The van der Waals surface area contributed by atoms with Crippen LogP contribution in [-0.2, 0) is 9.47 Å². The molecule has 0 radical (unpaired) electrons. The molecular weight excluding hydrogens is 216 g/mol. The minimum Gasteiger partial charge on any atom is -0.469 e. The van der Waals surface area contributed by atoms with Gasteiger partial charge in [0.1, 0.15) is 5.76 Å². The van der Waals surface area contributed by atoms with Gasteiger partial charge >= 0.3 is 0 Å². The Labute approximate surface area is 103 Å². The molecule has 0 spiro atoms. The van der Waals surface area contributed by atoms with Crippen molar-refractivity contribution >= 4 is 0 Å². The summed E-state index contributed by atoms with van der Waals surface area (Å²) in [7, 11) is 0. The second kappa shape index (κ2) is 6.22. The molecule has 3 nitrogen and oxygen atoms in total. The summed E-state index contributed by atoms with van der Waals surface area (Å²) in [6, 6.07) is 0. The maximum Gasteiger partial charge on any atom is 0.199 e. The largest absolute Gasteiger partial charge is 0.469 e. The summed E-state index contributed by atoms with van der Waals surface area (Å²) in [5, 5.41) is 9.81. The Balaban J connectivity index is 1.91. The fourth-order valence-corrected chi connectivity index (χ4v) is 2.23. The van der Waals surface area contributed by atoms with Crippen molar-refractivity contribution in [1.82, 2.24) is 0 Å². The molecule has 0 aromatic heterocycles. The Morgan fingerprint density at radius 2 is 2.41 bits per heavy atom. The van der Waals surface area contributed by atoms with E-state index in [0.29, 0.717) is 0 Å². The van der Waals surface area contributed by atoms with E-state index >= 15 is 0 Å². The zero-order chi connectivity index (χ0) is 12.1. The minimum atomic E-state index is -0.360. The van der Waals surface area contributed by atoms with E-state index in [2.05, 4.69) is 6.08 Å². The van der Waals surface area contributed by atoms with E-state index < -0.39 is 0 Å². The summed E-state index contributed by atoms with van der Waals surface area (Å²) in [6.07, 6.45) is 9.55. The van der Waals surface area contributed by atoms with E-state index in [4.69, 9.17) is 9.47 Å². The fourth-order valence-electron chi connectivity index (χ4n) is 2.23. The zero-order valence-corrected chi connectivity index (χ0v) is 10.5. The van der Waals surface area contributed by atoms with E-state index in [9.17, 15) is 5.11 Å². The van der Waals surface area contributed by atoms with Gasteiger partial charge in [0, 0.05) is 12.8 Å². The number of aliphatic hydroxyl groups excluding tert-OH is 1. The molecule has 2 aliphatic rings. The van der Waals surface area contributed by atoms with E-state index in [1.54, 1.807) is 0 Å². The predicted molar refractivity (Wildman–Crippen MR) is 66.4 cm³/mol. The lowest BCUT2D eigenvalue weighted by atomic mass is 9.99. The fraction of sp³-hybridized carbons (Fsp3) is 0.714. The Kier molecular flexibility index (Phi) is 4.63. The third kappa shape index (κ3) is 3.58. The molecule has 0 aromatic carbocycles. The third-order valence-corrected chi connectivity index (χ3v) is 3.29. The van der Waals surface area contributed by atoms with E-state index in [1.165, 1.54) is 6.42 Å². The van der Waals surface area contributed by atoms with Gasteiger partial charge in [-0.1, -0.05) is 13.0 Å². The van der Waals surface area contributed by atoms with Gasteiger partial charge < -0.3 is 14.6 Å². The second-order valence-electron chi connectivity index (χ2n) is 4.69. The first-order valence-corrected chi connectivity index (χ1v) is 6.66. The van der Waals surface area contributed by atoms with Crippen molar-refractivity contribution in [2.45, 2.75) is 57.8 Å². The van der Waals surface area contributed by atoms with Crippen LogP contribution in [0.15, 0.2) is 23.5 Å². The molecule has 2 rings (SSSR count). The standard InChI is InChI=1S/C14H22O3/c1-2-13(15)11-6-5-7-12(10-11)17-14-8-3-4-9-16-14/h6,10,13-15H,2-5,7-9H2,1H3. The SMILES string of the molecule is CCC(O)C1=CCCC(OC2CCCCO2)=C1. The van der Waals surface area contributed by atoms with Gasteiger partial charge in [0.15, 0.2) is 6.29 Å². The number of allylic oxidation sites excluding steroid dienone is 2. The lowest BCUT2D eigenvalue weighted by Crippen LogP contribution is -2.22. The van der Waals surface area contributed by atoms with Gasteiger partial charge in [-0.2, -0.15) is 0 Å². The molecule has 0 saturated carbocycles. The van der Waals surface area contributed by atoms with Gasteiger partial charge in [0.25, 0.3) is 0 Å². The van der Waals surface area contributed by atoms with Crippen LogP contribution in [0.5, 0.6) is 0 Å². The van der Waals surface area contributed by atoms with Gasteiger partial charge in [0.2, 0.25) is 0 Å². The van der Waals surface area contributed by atoms with Gasteiger partial charge in [-0.15, -0.1) is 0 Å². The third-order valence-electron chi connectivity index (χ3n) is 3.29. The first kappa shape index (κ1) is 12.7. The molecule has 1 fully saturated rings. The average molecular weight is 238 g/mol. The van der Waals surface area contributed by atoms with Crippen LogP contribution < -0.4 is 0 Å². The topological polar surface area (TPSA) is 38.7 Å². The lowest BCUT2D eigenvalue weighted by Gasteiger charge is -2.26. The summed E-state index contributed by atoms with van der Waals surface area (Å²) >= 11 is 0. The van der Waals surface area contributed by atoms with Crippen molar-refractivity contribution in [3.8, 4) is 0 Å². The molecule has 96 valence electrons. The number of hydrogen-bond donors (Lipinski definition) is 1. The summed E-state index contributed by atoms with van der Waals surface area (Å²) in [5.41, 5.74) is 0.990. The van der Waals surface area contributed by atoms with Crippen LogP contribution in [0.3, 0.4) is 0 Å².